The maximum atomic E-state index is 12.6. The van der Waals surface area contributed by atoms with Crippen molar-refractivity contribution in [1.29, 1.82) is 0 Å². The van der Waals surface area contributed by atoms with E-state index in [0.29, 0.717) is 18.0 Å². The molecule has 3 rings (SSSR count). The lowest BCUT2D eigenvalue weighted by Crippen LogP contribution is -2.49. The Hall–Kier alpha value is -2.25. The minimum atomic E-state index is -0.948. The first-order chi connectivity index (χ1) is 10.9. The van der Waals surface area contributed by atoms with Crippen LogP contribution in [0.1, 0.15) is 34.1 Å². The summed E-state index contributed by atoms with van der Waals surface area (Å²) in [5.74, 6) is -1.88. The van der Waals surface area contributed by atoms with Gasteiger partial charge in [-0.25, -0.2) is 4.79 Å². The molecule has 2 aliphatic heterocycles. The van der Waals surface area contributed by atoms with E-state index in [2.05, 4.69) is 0 Å². The van der Waals surface area contributed by atoms with E-state index in [9.17, 15) is 14.4 Å². The summed E-state index contributed by atoms with van der Waals surface area (Å²) in [4.78, 5) is 44.1. The van der Waals surface area contributed by atoms with Gasteiger partial charge in [-0.15, -0.1) is 0 Å². The number of likely N-dealkylation sites (tertiary alicyclic amines) is 1. The van der Waals surface area contributed by atoms with Crippen LogP contribution >= 0.6 is 0 Å². The van der Waals surface area contributed by atoms with Gasteiger partial charge in [0.2, 0.25) is 0 Å². The van der Waals surface area contributed by atoms with Crippen LogP contribution in [-0.2, 0) is 14.4 Å². The summed E-state index contributed by atoms with van der Waals surface area (Å²) < 4.78 is 5.29. The van der Waals surface area contributed by atoms with E-state index >= 15 is 0 Å². The topological polar surface area (TPSA) is 76.2 Å². The molecule has 0 saturated carbocycles. The third-order valence-electron chi connectivity index (χ3n) is 4.65. The van der Waals surface area contributed by atoms with Crippen molar-refractivity contribution in [3.8, 4) is 0 Å². The molecule has 2 heterocycles. The third kappa shape index (κ3) is 2.32. The van der Waals surface area contributed by atoms with Gasteiger partial charge in [0.15, 0.2) is 0 Å². The molecule has 2 amide bonds. The molecule has 2 atom stereocenters. The molecule has 1 aromatic carbocycles. The number of hydroxylamine groups is 2. The Bertz CT molecular complexity index is 654. The van der Waals surface area contributed by atoms with Crippen LogP contribution in [0.5, 0.6) is 0 Å². The summed E-state index contributed by atoms with van der Waals surface area (Å²) >= 11 is 0. The van der Waals surface area contributed by atoms with Crippen LogP contribution in [0.2, 0.25) is 0 Å². The Morgan fingerprint density at radius 3 is 2.26 bits per heavy atom. The van der Waals surface area contributed by atoms with Crippen molar-refractivity contribution in [3.63, 3.8) is 0 Å². The molecule has 122 valence electrons. The molecule has 2 aliphatic rings. The van der Waals surface area contributed by atoms with Crippen LogP contribution in [-0.4, -0.2) is 60.1 Å². The van der Waals surface area contributed by atoms with Crippen molar-refractivity contribution >= 4 is 17.8 Å². The molecule has 7 nitrogen and oxygen atoms in total. The Kier molecular flexibility index (Phi) is 3.69. The molecule has 1 saturated heterocycles. The summed E-state index contributed by atoms with van der Waals surface area (Å²) in [7, 11) is 3.36. The number of imide groups is 1. The number of rotatable bonds is 3. The SMILES string of the molecule is COC1CN(C)C(C)(C(=O)ON2C(=O)c3ccccc3C2=O)C1. The van der Waals surface area contributed by atoms with Crippen LogP contribution in [0.3, 0.4) is 0 Å². The second kappa shape index (κ2) is 5.43. The Balaban J connectivity index is 1.80. The molecule has 23 heavy (non-hydrogen) atoms. The average molecular weight is 318 g/mol. The zero-order valence-electron chi connectivity index (χ0n) is 13.2. The van der Waals surface area contributed by atoms with Gasteiger partial charge in [-0.3, -0.25) is 14.5 Å². The minimum Gasteiger partial charge on any atom is -0.380 e. The lowest BCUT2D eigenvalue weighted by molar-refractivity contribution is -0.180. The Morgan fingerprint density at radius 2 is 1.78 bits per heavy atom. The number of nitrogens with zero attached hydrogens (tertiary/aromatic N) is 2. The van der Waals surface area contributed by atoms with Crippen molar-refractivity contribution < 1.29 is 24.0 Å². The summed E-state index contributed by atoms with van der Waals surface area (Å²) in [6, 6.07) is 6.39. The highest BCUT2D eigenvalue weighted by atomic mass is 16.7. The fourth-order valence-electron chi connectivity index (χ4n) is 3.00. The van der Waals surface area contributed by atoms with Crippen LogP contribution in [0.15, 0.2) is 24.3 Å². The summed E-state index contributed by atoms with van der Waals surface area (Å²) in [6.45, 7) is 2.29. The van der Waals surface area contributed by atoms with E-state index in [4.69, 9.17) is 9.57 Å². The lowest BCUT2D eigenvalue weighted by Gasteiger charge is -2.29. The monoisotopic (exact) mass is 318 g/mol. The molecular formula is C16H18N2O5. The molecule has 1 fully saturated rings. The van der Waals surface area contributed by atoms with Crippen LogP contribution < -0.4 is 0 Å². The molecule has 0 N–H and O–H groups in total. The second-order valence-electron chi connectivity index (χ2n) is 6.05. The number of hydrogen-bond acceptors (Lipinski definition) is 6. The number of amides is 2. The van der Waals surface area contributed by atoms with Crippen LogP contribution in [0.25, 0.3) is 0 Å². The van der Waals surface area contributed by atoms with Crippen molar-refractivity contribution in [2.45, 2.75) is 25.0 Å². The van der Waals surface area contributed by atoms with Crippen LogP contribution in [0.4, 0.5) is 0 Å². The number of benzene rings is 1. The number of carbonyl (C=O) groups excluding carboxylic acids is 3. The average Bonchev–Trinajstić information content (AvgIpc) is 2.98. The van der Waals surface area contributed by atoms with Gasteiger partial charge in [-0.1, -0.05) is 17.2 Å². The van der Waals surface area contributed by atoms with Crippen molar-refractivity contribution in [3.05, 3.63) is 35.4 Å². The highest BCUT2D eigenvalue weighted by Crippen LogP contribution is 2.32. The maximum Gasteiger partial charge on any atom is 0.353 e. The van der Waals surface area contributed by atoms with Gasteiger partial charge in [0.25, 0.3) is 11.8 Å². The summed E-state index contributed by atoms with van der Waals surface area (Å²) in [6.07, 6.45) is 0.335. The Labute approximate surface area is 133 Å². The first-order valence-electron chi connectivity index (χ1n) is 7.32. The minimum absolute atomic E-state index is 0.0975. The smallest absolute Gasteiger partial charge is 0.353 e. The van der Waals surface area contributed by atoms with E-state index in [-0.39, 0.29) is 17.2 Å². The maximum absolute atomic E-state index is 12.6. The van der Waals surface area contributed by atoms with E-state index < -0.39 is 23.3 Å². The second-order valence-corrected chi connectivity index (χ2v) is 6.05. The first-order valence-corrected chi connectivity index (χ1v) is 7.32. The molecule has 1 aromatic rings. The van der Waals surface area contributed by atoms with Gasteiger partial charge in [-0.2, -0.15) is 0 Å². The molecule has 0 radical (unpaired) electrons. The van der Waals surface area contributed by atoms with Gasteiger partial charge in [-0.05, 0) is 26.1 Å². The van der Waals surface area contributed by atoms with E-state index in [1.165, 1.54) is 12.1 Å². The Morgan fingerprint density at radius 1 is 1.22 bits per heavy atom. The van der Waals surface area contributed by atoms with Crippen molar-refractivity contribution in [2.24, 2.45) is 0 Å². The highest BCUT2D eigenvalue weighted by molar-refractivity contribution is 6.21. The quantitative estimate of drug-likeness (QED) is 0.769. The molecule has 0 aliphatic carbocycles. The number of methoxy groups -OCH3 is 1. The normalized spacial score (nSPS) is 27.4. The van der Waals surface area contributed by atoms with Crippen molar-refractivity contribution in [1.82, 2.24) is 9.96 Å². The summed E-state index contributed by atoms with van der Waals surface area (Å²) in [5.41, 5.74) is -0.467. The van der Waals surface area contributed by atoms with E-state index in [0.717, 1.165) is 0 Å². The number of hydrogen-bond donors (Lipinski definition) is 0. The van der Waals surface area contributed by atoms with Gasteiger partial charge >= 0.3 is 5.97 Å². The largest absolute Gasteiger partial charge is 0.380 e. The lowest BCUT2D eigenvalue weighted by atomic mass is 9.99. The summed E-state index contributed by atoms with van der Waals surface area (Å²) in [5, 5.41) is 0.548. The third-order valence-corrected chi connectivity index (χ3v) is 4.65. The number of likely N-dealkylation sites (N-methyl/N-ethyl adjacent to an activating group) is 1. The molecule has 2 unspecified atom stereocenters. The van der Waals surface area contributed by atoms with Gasteiger partial charge in [0.05, 0.1) is 17.2 Å². The first kappa shape index (κ1) is 15.6. The zero-order chi connectivity index (χ0) is 16.8. The highest BCUT2D eigenvalue weighted by Gasteiger charge is 2.50. The van der Waals surface area contributed by atoms with Gasteiger partial charge in [0.1, 0.15) is 5.54 Å². The van der Waals surface area contributed by atoms with Gasteiger partial charge < -0.3 is 9.57 Å². The number of fused-ring (bicyclic) bond motifs is 1. The van der Waals surface area contributed by atoms with E-state index in [1.807, 2.05) is 4.90 Å². The fraction of sp³-hybridized carbons (Fsp3) is 0.438. The molecule has 0 spiro atoms. The van der Waals surface area contributed by atoms with Crippen LogP contribution in [0, 0.1) is 0 Å². The zero-order valence-corrected chi connectivity index (χ0v) is 13.2. The number of ether oxygens (including phenoxy) is 1. The standard InChI is InChI=1S/C16H18N2O5/c1-16(8-10(22-3)9-17(16)2)15(21)23-18-13(19)11-6-4-5-7-12(11)14(18)20/h4-7,10H,8-9H2,1-3H3. The molecule has 7 heteroatoms. The number of carbonyl (C=O) groups is 3. The predicted octanol–water partition coefficient (Wildman–Crippen LogP) is 0.850. The molecular weight excluding hydrogens is 300 g/mol. The fourth-order valence-corrected chi connectivity index (χ4v) is 3.00. The van der Waals surface area contributed by atoms with E-state index in [1.54, 1.807) is 33.2 Å². The predicted molar refractivity (Wildman–Crippen MR) is 79.5 cm³/mol. The molecule has 0 aromatic heterocycles. The van der Waals surface area contributed by atoms with Crippen molar-refractivity contribution in [2.75, 3.05) is 20.7 Å². The molecule has 0 bridgehead atoms. The van der Waals surface area contributed by atoms with Gasteiger partial charge in [0, 0.05) is 20.1 Å².